The molecule has 4 rings (SSSR count). The molecule has 0 radical (unpaired) electrons. The zero-order valence-electron chi connectivity index (χ0n) is 9.25. The number of anilines is 1. The van der Waals surface area contributed by atoms with Crippen LogP contribution >= 0.6 is 11.6 Å². The normalized spacial score (nSPS) is 26.1. The molecule has 1 aliphatic carbocycles. The number of nitriles is 1. The van der Waals surface area contributed by atoms with Crippen molar-refractivity contribution in [2.24, 2.45) is 0 Å². The molecule has 17 heavy (non-hydrogen) atoms. The molecule has 2 aliphatic heterocycles. The van der Waals surface area contributed by atoms with Crippen molar-refractivity contribution in [2.75, 3.05) is 5.01 Å². The quantitative estimate of drug-likeness (QED) is 0.563. The summed E-state index contributed by atoms with van der Waals surface area (Å²) in [6.07, 6.45) is 8.66. The van der Waals surface area contributed by atoms with E-state index in [4.69, 9.17) is 11.6 Å². The molecule has 0 saturated carbocycles. The highest BCUT2D eigenvalue weighted by atomic mass is 35.5. The van der Waals surface area contributed by atoms with Gasteiger partial charge >= 0.3 is 0 Å². The molecule has 3 nitrogen and oxygen atoms in total. The molecule has 1 aromatic carbocycles. The zero-order chi connectivity index (χ0) is 11.8. The van der Waals surface area contributed by atoms with E-state index in [-0.39, 0.29) is 12.1 Å². The Bertz CT molecular complexity index is 506. The van der Waals surface area contributed by atoms with Gasteiger partial charge in [0.25, 0.3) is 0 Å². The molecule has 0 aromatic heterocycles. The first-order valence-electron chi connectivity index (χ1n) is 5.72. The largest absolute Gasteiger partial charge is 0.268 e. The third kappa shape index (κ3) is 1.57. The average molecular weight is 246 g/mol. The first kappa shape index (κ1) is 10.5. The minimum absolute atomic E-state index is 0.182. The van der Waals surface area contributed by atoms with Crippen molar-refractivity contribution in [1.29, 1.82) is 5.26 Å². The lowest BCUT2D eigenvalue weighted by atomic mass is 9.94. The van der Waals surface area contributed by atoms with E-state index in [1.165, 1.54) is 0 Å². The van der Waals surface area contributed by atoms with Crippen LogP contribution < -0.4 is 5.01 Å². The smallest absolute Gasteiger partial charge is 0.200 e. The number of rotatable bonds is 1. The highest BCUT2D eigenvalue weighted by Gasteiger charge is 2.37. The molecule has 3 aliphatic rings. The first-order valence-corrected chi connectivity index (χ1v) is 6.10. The van der Waals surface area contributed by atoms with Crippen LogP contribution in [0.15, 0.2) is 36.4 Å². The van der Waals surface area contributed by atoms with Gasteiger partial charge in [-0.05, 0) is 25.0 Å². The van der Waals surface area contributed by atoms with Crippen LogP contribution in [0.4, 0.5) is 5.69 Å². The third-order valence-corrected chi connectivity index (χ3v) is 3.70. The van der Waals surface area contributed by atoms with E-state index in [2.05, 4.69) is 18.3 Å². The fourth-order valence-electron chi connectivity index (χ4n) is 2.57. The van der Waals surface area contributed by atoms with E-state index in [9.17, 15) is 5.26 Å². The molecular formula is C13H12ClN3. The molecule has 0 amide bonds. The summed E-state index contributed by atoms with van der Waals surface area (Å²) in [4.78, 5) is 0. The molecule has 2 atom stereocenters. The molecule has 1 saturated heterocycles. The van der Waals surface area contributed by atoms with Gasteiger partial charge in [-0.2, -0.15) is 5.26 Å². The summed E-state index contributed by atoms with van der Waals surface area (Å²) in [6.45, 7) is 0. The Hall–Kier alpha value is -1.66. The monoisotopic (exact) mass is 245 g/mol. The van der Waals surface area contributed by atoms with Crippen molar-refractivity contribution in [3.63, 3.8) is 0 Å². The summed E-state index contributed by atoms with van der Waals surface area (Å²) in [6, 6.07) is 8.10. The number of hydrogen-bond donors (Lipinski definition) is 0. The topological polar surface area (TPSA) is 30.3 Å². The van der Waals surface area contributed by atoms with E-state index < -0.39 is 0 Å². The minimum Gasteiger partial charge on any atom is -0.268 e. The zero-order valence-corrected chi connectivity index (χ0v) is 10.0. The van der Waals surface area contributed by atoms with E-state index in [0.717, 1.165) is 18.5 Å². The van der Waals surface area contributed by atoms with Gasteiger partial charge < -0.3 is 0 Å². The summed E-state index contributed by atoms with van der Waals surface area (Å²) in [5, 5.41) is 13.7. The number of benzene rings is 1. The third-order valence-electron chi connectivity index (χ3n) is 3.38. The highest BCUT2D eigenvalue weighted by molar-refractivity contribution is 6.33. The van der Waals surface area contributed by atoms with Crippen molar-refractivity contribution in [3.8, 4) is 6.19 Å². The molecule has 1 fully saturated rings. The van der Waals surface area contributed by atoms with Crippen molar-refractivity contribution < 1.29 is 0 Å². The van der Waals surface area contributed by atoms with E-state index in [1.54, 1.807) is 5.01 Å². The average Bonchev–Trinajstić information content (AvgIpc) is 2.39. The number of para-hydroxylation sites is 1. The molecule has 0 N–H and O–H groups in total. The highest BCUT2D eigenvalue weighted by Crippen LogP contribution is 2.37. The second-order valence-electron chi connectivity index (χ2n) is 4.34. The van der Waals surface area contributed by atoms with E-state index in [1.807, 2.05) is 29.3 Å². The van der Waals surface area contributed by atoms with Gasteiger partial charge in [0.2, 0.25) is 6.19 Å². The maximum atomic E-state index is 9.29. The summed E-state index contributed by atoms with van der Waals surface area (Å²) >= 11 is 6.22. The van der Waals surface area contributed by atoms with Gasteiger partial charge in [-0.3, -0.25) is 5.01 Å². The Morgan fingerprint density at radius 2 is 1.88 bits per heavy atom. The van der Waals surface area contributed by atoms with Gasteiger partial charge in [0.1, 0.15) is 0 Å². The van der Waals surface area contributed by atoms with Crippen LogP contribution in [0.3, 0.4) is 0 Å². The summed E-state index contributed by atoms with van der Waals surface area (Å²) in [5.74, 6) is 0. The Morgan fingerprint density at radius 1 is 1.18 bits per heavy atom. The minimum atomic E-state index is 0.182. The van der Waals surface area contributed by atoms with E-state index >= 15 is 0 Å². The molecule has 4 heteroatoms. The number of hydrogen-bond acceptors (Lipinski definition) is 3. The molecular weight excluding hydrogens is 234 g/mol. The summed E-state index contributed by atoms with van der Waals surface area (Å²) in [5.41, 5.74) is 0.912. The Kier molecular flexibility index (Phi) is 2.45. The molecule has 2 bridgehead atoms. The van der Waals surface area contributed by atoms with Crippen molar-refractivity contribution >= 4 is 17.3 Å². The predicted molar refractivity (Wildman–Crippen MR) is 67.3 cm³/mol. The number of hydrazine groups is 1. The fourth-order valence-corrected chi connectivity index (χ4v) is 2.79. The Labute approximate surface area is 105 Å². The maximum absolute atomic E-state index is 9.29. The lowest BCUT2D eigenvalue weighted by Crippen LogP contribution is -2.57. The maximum Gasteiger partial charge on any atom is 0.200 e. The van der Waals surface area contributed by atoms with Crippen LogP contribution in [0.1, 0.15) is 12.8 Å². The Balaban J connectivity index is 2.06. The van der Waals surface area contributed by atoms with Gasteiger partial charge in [0.15, 0.2) is 0 Å². The standard InChI is InChI=1S/C13H12ClN3/c14-12-3-1-2-4-13(12)17-11-7-5-10(6-8-11)16(17)9-15/h1-5,7,10-11H,6,8H2. The summed E-state index contributed by atoms with van der Waals surface area (Å²) in [7, 11) is 0. The van der Waals surface area contributed by atoms with Crippen molar-refractivity contribution in [2.45, 2.75) is 24.9 Å². The predicted octanol–water partition coefficient (Wildman–Crippen LogP) is 2.95. The van der Waals surface area contributed by atoms with Crippen LogP contribution in [0, 0.1) is 11.5 Å². The van der Waals surface area contributed by atoms with Crippen LogP contribution in [-0.2, 0) is 0 Å². The summed E-state index contributed by atoms with van der Waals surface area (Å²) < 4.78 is 0. The lowest BCUT2D eigenvalue weighted by molar-refractivity contribution is 0.207. The number of nitrogens with zero attached hydrogens (tertiary/aromatic N) is 3. The van der Waals surface area contributed by atoms with Gasteiger partial charge in [0, 0.05) is 0 Å². The SMILES string of the molecule is N#CN1C2C=CC(CC2)N1c1ccccc1Cl. The molecule has 86 valence electrons. The van der Waals surface area contributed by atoms with Gasteiger partial charge in [0.05, 0.1) is 22.8 Å². The molecule has 1 aromatic rings. The number of halogens is 1. The van der Waals surface area contributed by atoms with Gasteiger partial charge in [-0.1, -0.05) is 35.9 Å². The van der Waals surface area contributed by atoms with Crippen molar-refractivity contribution in [3.05, 3.63) is 41.4 Å². The molecule has 0 spiro atoms. The van der Waals surface area contributed by atoms with Crippen LogP contribution in [0.25, 0.3) is 0 Å². The van der Waals surface area contributed by atoms with Crippen LogP contribution in [0.2, 0.25) is 5.02 Å². The van der Waals surface area contributed by atoms with E-state index in [0.29, 0.717) is 5.02 Å². The number of fused-ring (bicyclic) bond motifs is 2. The lowest BCUT2D eigenvalue weighted by Gasteiger charge is -2.48. The van der Waals surface area contributed by atoms with Gasteiger partial charge in [-0.15, -0.1) is 0 Å². The first-order chi connectivity index (χ1) is 8.31. The van der Waals surface area contributed by atoms with Crippen molar-refractivity contribution in [1.82, 2.24) is 5.01 Å². The fraction of sp³-hybridized carbons (Fsp3) is 0.308. The molecule has 2 unspecified atom stereocenters. The van der Waals surface area contributed by atoms with Gasteiger partial charge in [-0.25, -0.2) is 5.01 Å². The second kappa shape index (κ2) is 3.97. The molecule has 2 heterocycles. The van der Waals surface area contributed by atoms with Crippen LogP contribution in [-0.4, -0.2) is 17.1 Å². The van der Waals surface area contributed by atoms with Crippen LogP contribution in [0.5, 0.6) is 0 Å². The second-order valence-corrected chi connectivity index (χ2v) is 4.74. The Morgan fingerprint density at radius 3 is 2.53 bits per heavy atom.